The molecular weight excluding hydrogens is 270 g/mol. The van der Waals surface area contributed by atoms with Crippen LogP contribution in [0.5, 0.6) is 0 Å². The summed E-state index contributed by atoms with van der Waals surface area (Å²) in [4.78, 5) is 28.0. The third-order valence-electron chi connectivity index (χ3n) is 4.02. The highest BCUT2D eigenvalue weighted by atomic mass is 16.6. The Kier molecular flexibility index (Phi) is 4.46. The van der Waals surface area contributed by atoms with Crippen LogP contribution in [-0.2, 0) is 9.53 Å². The van der Waals surface area contributed by atoms with Crippen LogP contribution >= 0.6 is 0 Å². The van der Waals surface area contributed by atoms with Gasteiger partial charge < -0.3 is 15.0 Å². The number of ether oxygens (including phenoxy) is 1. The maximum absolute atomic E-state index is 12.5. The third-order valence-corrected chi connectivity index (χ3v) is 4.02. The smallest absolute Gasteiger partial charge is 0.410 e. The van der Waals surface area contributed by atoms with E-state index in [2.05, 4.69) is 24.1 Å². The average Bonchev–Trinajstić information content (AvgIpc) is 2.34. The summed E-state index contributed by atoms with van der Waals surface area (Å²) in [6, 6.07) is 0.271. The highest BCUT2D eigenvalue weighted by Gasteiger charge is 2.41. The van der Waals surface area contributed by atoms with Crippen molar-refractivity contribution in [1.29, 1.82) is 0 Å². The minimum atomic E-state index is -0.490. The van der Waals surface area contributed by atoms with Crippen LogP contribution in [0.25, 0.3) is 0 Å². The molecule has 2 aliphatic rings. The molecule has 0 aromatic heterocycles. The second kappa shape index (κ2) is 5.83. The van der Waals surface area contributed by atoms with E-state index in [1.54, 1.807) is 0 Å². The maximum Gasteiger partial charge on any atom is 0.410 e. The molecule has 2 heterocycles. The molecule has 2 rings (SSSR count). The molecule has 120 valence electrons. The summed E-state index contributed by atoms with van der Waals surface area (Å²) in [6.45, 7) is 12.2. The number of fused-ring (bicyclic) bond motifs is 1. The van der Waals surface area contributed by atoms with E-state index in [-0.39, 0.29) is 24.1 Å². The zero-order valence-corrected chi connectivity index (χ0v) is 13.7. The molecule has 6 heteroatoms. The van der Waals surface area contributed by atoms with Gasteiger partial charge >= 0.3 is 6.09 Å². The normalized spacial score (nSPS) is 27.3. The van der Waals surface area contributed by atoms with Crippen molar-refractivity contribution in [1.82, 2.24) is 15.1 Å². The van der Waals surface area contributed by atoms with Gasteiger partial charge in [0.2, 0.25) is 5.91 Å². The van der Waals surface area contributed by atoms with Crippen LogP contribution in [0.2, 0.25) is 0 Å². The highest BCUT2D eigenvalue weighted by molar-refractivity contribution is 5.79. The molecule has 0 aromatic carbocycles. The third kappa shape index (κ3) is 3.87. The van der Waals surface area contributed by atoms with Crippen molar-refractivity contribution in [2.45, 2.75) is 52.3 Å². The molecule has 2 aliphatic heterocycles. The number of hydrogen-bond donors (Lipinski definition) is 1. The van der Waals surface area contributed by atoms with E-state index < -0.39 is 5.60 Å². The summed E-state index contributed by atoms with van der Waals surface area (Å²) in [5, 5.41) is 2.87. The Hall–Kier alpha value is -1.30. The molecule has 0 radical (unpaired) electrons. The van der Waals surface area contributed by atoms with Gasteiger partial charge in [-0.15, -0.1) is 0 Å². The van der Waals surface area contributed by atoms with Crippen molar-refractivity contribution in [2.75, 3.05) is 26.2 Å². The number of carbonyl (C=O) groups is 2. The number of carbonyl (C=O) groups excluding carboxylic acids is 2. The maximum atomic E-state index is 12.5. The topological polar surface area (TPSA) is 61.9 Å². The van der Waals surface area contributed by atoms with Crippen molar-refractivity contribution >= 4 is 12.0 Å². The first-order valence-electron chi connectivity index (χ1n) is 7.68. The molecule has 0 aromatic rings. The van der Waals surface area contributed by atoms with Crippen molar-refractivity contribution in [3.05, 3.63) is 0 Å². The fourth-order valence-corrected chi connectivity index (χ4v) is 2.93. The van der Waals surface area contributed by atoms with Gasteiger partial charge in [-0.25, -0.2) is 4.79 Å². The monoisotopic (exact) mass is 297 g/mol. The zero-order valence-electron chi connectivity index (χ0n) is 13.7. The van der Waals surface area contributed by atoms with Crippen LogP contribution in [0.15, 0.2) is 0 Å². The summed E-state index contributed by atoms with van der Waals surface area (Å²) in [5.41, 5.74) is -0.490. The Morgan fingerprint density at radius 3 is 2.57 bits per heavy atom. The molecular formula is C15H27N3O3. The van der Waals surface area contributed by atoms with Crippen LogP contribution in [-0.4, -0.2) is 65.7 Å². The first-order valence-corrected chi connectivity index (χ1v) is 7.68. The van der Waals surface area contributed by atoms with E-state index in [0.717, 1.165) is 6.54 Å². The van der Waals surface area contributed by atoms with E-state index in [1.807, 2.05) is 25.7 Å². The van der Waals surface area contributed by atoms with Gasteiger partial charge in [0.15, 0.2) is 0 Å². The Balaban J connectivity index is 2.12. The Labute approximate surface area is 126 Å². The lowest BCUT2D eigenvalue weighted by molar-refractivity contribution is -0.128. The van der Waals surface area contributed by atoms with Gasteiger partial charge in [-0.1, -0.05) is 13.8 Å². The summed E-state index contributed by atoms with van der Waals surface area (Å²) >= 11 is 0. The molecule has 2 saturated heterocycles. The first-order chi connectivity index (χ1) is 9.67. The van der Waals surface area contributed by atoms with Crippen LogP contribution in [0.4, 0.5) is 4.79 Å². The van der Waals surface area contributed by atoms with E-state index >= 15 is 0 Å². The van der Waals surface area contributed by atoms with Gasteiger partial charge in [0.1, 0.15) is 5.60 Å². The first kappa shape index (κ1) is 16.1. The summed E-state index contributed by atoms with van der Waals surface area (Å²) in [6.07, 6.45) is -0.252. The minimum Gasteiger partial charge on any atom is -0.444 e. The van der Waals surface area contributed by atoms with Gasteiger partial charge in [0.05, 0.1) is 12.6 Å². The quantitative estimate of drug-likeness (QED) is 0.786. The summed E-state index contributed by atoms with van der Waals surface area (Å²) < 4.78 is 5.54. The van der Waals surface area contributed by atoms with E-state index in [4.69, 9.17) is 4.74 Å². The van der Waals surface area contributed by atoms with Gasteiger partial charge in [-0.3, -0.25) is 9.69 Å². The number of amides is 2. The van der Waals surface area contributed by atoms with Crippen LogP contribution in [0, 0.1) is 5.92 Å². The van der Waals surface area contributed by atoms with Gasteiger partial charge in [0, 0.05) is 25.7 Å². The number of nitrogens with one attached hydrogen (secondary N) is 1. The fourth-order valence-electron chi connectivity index (χ4n) is 2.93. The molecule has 2 atom stereocenters. The molecule has 0 unspecified atom stereocenters. The van der Waals surface area contributed by atoms with Gasteiger partial charge in [0.25, 0.3) is 0 Å². The number of hydrogen-bond acceptors (Lipinski definition) is 4. The Morgan fingerprint density at radius 1 is 1.33 bits per heavy atom. The van der Waals surface area contributed by atoms with E-state index in [1.165, 1.54) is 0 Å². The summed E-state index contributed by atoms with van der Waals surface area (Å²) in [5.74, 6) is 0.392. The van der Waals surface area contributed by atoms with Gasteiger partial charge in [-0.05, 0) is 26.7 Å². The number of piperazine rings is 2. The van der Waals surface area contributed by atoms with Crippen molar-refractivity contribution in [2.24, 2.45) is 5.92 Å². The predicted molar refractivity (Wildman–Crippen MR) is 79.9 cm³/mol. The van der Waals surface area contributed by atoms with E-state index in [9.17, 15) is 9.59 Å². The number of rotatable bonds is 1. The van der Waals surface area contributed by atoms with Crippen LogP contribution in [0.3, 0.4) is 0 Å². The second-order valence-corrected chi connectivity index (χ2v) is 7.33. The Morgan fingerprint density at radius 2 is 2.00 bits per heavy atom. The molecule has 0 bridgehead atoms. The lowest BCUT2D eigenvalue weighted by atomic mass is 9.96. The molecule has 6 nitrogen and oxygen atoms in total. The molecule has 2 amide bonds. The van der Waals surface area contributed by atoms with Crippen molar-refractivity contribution in [3.8, 4) is 0 Å². The largest absolute Gasteiger partial charge is 0.444 e. The fraction of sp³-hybridized carbons (Fsp3) is 0.867. The summed E-state index contributed by atoms with van der Waals surface area (Å²) in [7, 11) is 0. The molecule has 0 spiro atoms. The standard InChI is InChI=1S/C15H27N3O3/c1-10(2)12-8-17-9-13(19)16-6-11(17)7-18(12)14(20)21-15(3,4)5/h10-12H,6-9H2,1-5H3,(H,16,19)/t11-,12+/m0/s1. The second-order valence-electron chi connectivity index (χ2n) is 7.33. The average molecular weight is 297 g/mol. The van der Waals surface area contributed by atoms with Crippen molar-refractivity contribution < 1.29 is 14.3 Å². The molecule has 1 N–H and O–H groups in total. The lowest BCUT2D eigenvalue weighted by Gasteiger charge is -2.49. The highest BCUT2D eigenvalue weighted by Crippen LogP contribution is 2.24. The minimum absolute atomic E-state index is 0.0690. The van der Waals surface area contributed by atoms with Gasteiger partial charge in [-0.2, -0.15) is 0 Å². The lowest BCUT2D eigenvalue weighted by Crippen LogP contribution is -2.67. The number of nitrogens with zero attached hydrogens (tertiary/aromatic N) is 2. The molecule has 21 heavy (non-hydrogen) atoms. The zero-order chi connectivity index (χ0) is 15.8. The van der Waals surface area contributed by atoms with Crippen molar-refractivity contribution in [3.63, 3.8) is 0 Å². The Bertz CT molecular complexity index is 417. The molecule has 0 saturated carbocycles. The van der Waals surface area contributed by atoms with Crippen LogP contribution < -0.4 is 5.32 Å². The molecule has 0 aliphatic carbocycles. The van der Waals surface area contributed by atoms with E-state index in [0.29, 0.717) is 25.6 Å². The van der Waals surface area contributed by atoms with Crippen LogP contribution in [0.1, 0.15) is 34.6 Å². The molecule has 2 fully saturated rings. The predicted octanol–water partition coefficient (Wildman–Crippen LogP) is 1.06. The SMILES string of the molecule is CC(C)[C@H]1CN2CC(=O)NC[C@H]2CN1C(=O)OC(C)(C)C.